The summed E-state index contributed by atoms with van der Waals surface area (Å²) in [7, 11) is 1.69. The van der Waals surface area contributed by atoms with Crippen LogP contribution in [0.5, 0.6) is 5.75 Å². The highest BCUT2D eigenvalue weighted by Crippen LogP contribution is 2.30. The summed E-state index contributed by atoms with van der Waals surface area (Å²) in [6.07, 6.45) is 0.885. The monoisotopic (exact) mass is 454 g/mol. The highest BCUT2D eigenvalue weighted by molar-refractivity contribution is 5.46. The predicted molar refractivity (Wildman–Crippen MR) is 133 cm³/mol. The lowest BCUT2D eigenvalue weighted by Crippen LogP contribution is -2.48. The molecule has 1 atom stereocenters. The van der Waals surface area contributed by atoms with Gasteiger partial charge in [-0.05, 0) is 52.2 Å². The molecular weight excluding hydrogens is 424 g/mol. The first kappa shape index (κ1) is 22.1. The summed E-state index contributed by atoms with van der Waals surface area (Å²) < 4.78 is 7.36. The van der Waals surface area contributed by atoms with E-state index in [1.54, 1.807) is 7.11 Å². The number of ether oxygens (including phenoxy) is 1. The topological polar surface area (TPSA) is 59.3 Å². The normalized spacial score (nSPS) is 15.3. The van der Waals surface area contributed by atoms with Crippen LogP contribution < -0.4 is 9.64 Å². The smallest absolute Gasteiger partial charge is 0.173 e. The molecule has 1 aromatic heterocycles. The molecule has 1 aliphatic rings. The number of benzene rings is 3. The number of nitrogens with zero attached hydrogens (tertiary/aromatic N) is 6. The molecule has 0 radical (unpaired) electrons. The molecule has 5 rings (SSSR count). The third kappa shape index (κ3) is 4.94. The quantitative estimate of drug-likeness (QED) is 0.403. The van der Waals surface area contributed by atoms with Crippen LogP contribution in [0.1, 0.15) is 23.0 Å². The zero-order valence-electron chi connectivity index (χ0n) is 19.5. The summed E-state index contributed by atoms with van der Waals surface area (Å²) in [6, 6.07) is 29.4. The molecule has 0 bridgehead atoms. The number of para-hydroxylation sites is 1. The van der Waals surface area contributed by atoms with E-state index in [-0.39, 0.29) is 6.04 Å². The van der Waals surface area contributed by atoms with Crippen molar-refractivity contribution in [1.29, 1.82) is 0 Å². The molecular formula is C27H30N6O. The van der Waals surface area contributed by atoms with Gasteiger partial charge in [0.1, 0.15) is 5.75 Å². The first-order valence-electron chi connectivity index (χ1n) is 11.8. The number of aryl methyl sites for hydroxylation is 2. The third-order valence-electron chi connectivity index (χ3n) is 6.49. The number of aromatic nitrogens is 4. The molecule has 0 aliphatic carbocycles. The molecule has 0 N–H and O–H groups in total. The van der Waals surface area contributed by atoms with Gasteiger partial charge in [0.2, 0.25) is 0 Å². The van der Waals surface area contributed by atoms with Crippen molar-refractivity contribution in [3.8, 4) is 5.75 Å². The number of anilines is 1. The van der Waals surface area contributed by atoms with Crippen LogP contribution in [0, 0.1) is 0 Å². The molecule has 4 aromatic rings. The van der Waals surface area contributed by atoms with E-state index in [9.17, 15) is 0 Å². The van der Waals surface area contributed by atoms with Crippen molar-refractivity contribution >= 4 is 5.69 Å². The van der Waals surface area contributed by atoms with Crippen molar-refractivity contribution in [3.05, 3.63) is 102 Å². The second-order valence-electron chi connectivity index (χ2n) is 8.53. The zero-order chi connectivity index (χ0) is 23.2. The number of tetrazole rings is 1. The SMILES string of the molecule is COc1ccc([C@H](c2nnnn2CCc2ccccc2)N2CCN(c3ccccc3)CC2)cc1. The van der Waals surface area contributed by atoms with E-state index in [1.807, 2.05) is 22.9 Å². The zero-order valence-corrected chi connectivity index (χ0v) is 19.5. The second kappa shape index (κ2) is 10.5. The fraction of sp³-hybridized carbons (Fsp3) is 0.296. The van der Waals surface area contributed by atoms with Gasteiger partial charge >= 0.3 is 0 Å². The number of hydrogen-bond donors (Lipinski definition) is 0. The average molecular weight is 455 g/mol. The Labute approximate surface area is 200 Å². The van der Waals surface area contributed by atoms with Crippen LogP contribution in [0.4, 0.5) is 5.69 Å². The Morgan fingerprint density at radius 1 is 0.824 bits per heavy atom. The van der Waals surface area contributed by atoms with Crippen LogP contribution in [0.3, 0.4) is 0 Å². The lowest BCUT2D eigenvalue weighted by atomic mass is 10.0. The molecule has 0 unspecified atom stereocenters. The lowest BCUT2D eigenvalue weighted by Gasteiger charge is -2.40. The van der Waals surface area contributed by atoms with E-state index in [2.05, 4.69) is 92.1 Å². The Hall–Kier alpha value is -3.71. The van der Waals surface area contributed by atoms with Crippen molar-refractivity contribution in [2.75, 3.05) is 38.2 Å². The molecule has 1 aliphatic heterocycles. The minimum absolute atomic E-state index is 0.0189. The van der Waals surface area contributed by atoms with Gasteiger partial charge in [-0.1, -0.05) is 60.7 Å². The number of rotatable bonds is 8. The van der Waals surface area contributed by atoms with Gasteiger partial charge in [0.05, 0.1) is 13.2 Å². The van der Waals surface area contributed by atoms with E-state index in [0.29, 0.717) is 0 Å². The molecule has 0 saturated carbocycles. The number of methoxy groups -OCH3 is 1. The van der Waals surface area contributed by atoms with Gasteiger partial charge in [-0.15, -0.1) is 5.10 Å². The molecule has 7 nitrogen and oxygen atoms in total. The van der Waals surface area contributed by atoms with E-state index in [1.165, 1.54) is 16.8 Å². The number of hydrogen-bond acceptors (Lipinski definition) is 6. The van der Waals surface area contributed by atoms with Gasteiger partial charge in [-0.25, -0.2) is 4.68 Å². The van der Waals surface area contributed by atoms with E-state index >= 15 is 0 Å². The van der Waals surface area contributed by atoms with Crippen LogP contribution in [0.25, 0.3) is 0 Å². The Morgan fingerprint density at radius 3 is 2.18 bits per heavy atom. The highest BCUT2D eigenvalue weighted by Gasteiger charge is 2.30. The van der Waals surface area contributed by atoms with Crippen LogP contribution >= 0.6 is 0 Å². The fourth-order valence-electron chi connectivity index (χ4n) is 4.63. The molecule has 1 saturated heterocycles. The molecule has 2 heterocycles. The summed E-state index contributed by atoms with van der Waals surface area (Å²) in [4.78, 5) is 4.94. The molecule has 1 fully saturated rings. The van der Waals surface area contributed by atoms with Gasteiger partial charge in [0, 0.05) is 38.4 Å². The van der Waals surface area contributed by atoms with Crippen molar-refractivity contribution in [2.24, 2.45) is 0 Å². The minimum Gasteiger partial charge on any atom is -0.497 e. The average Bonchev–Trinajstić information content (AvgIpc) is 3.37. The molecule has 174 valence electrons. The van der Waals surface area contributed by atoms with Crippen molar-refractivity contribution in [3.63, 3.8) is 0 Å². The van der Waals surface area contributed by atoms with Gasteiger partial charge < -0.3 is 9.64 Å². The maximum Gasteiger partial charge on any atom is 0.173 e. The van der Waals surface area contributed by atoms with Crippen LogP contribution in [-0.4, -0.2) is 58.4 Å². The maximum atomic E-state index is 5.39. The summed E-state index contributed by atoms with van der Waals surface area (Å²) >= 11 is 0. The maximum absolute atomic E-state index is 5.39. The Bertz CT molecular complexity index is 1150. The van der Waals surface area contributed by atoms with Crippen LogP contribution in [-0.2, 0) is 13.0 Å². The van der Waals surface area contributed by atoms with Crippen molar-refractivity contribution < 1.29 is 4.74 Å². The van der Waals surface area contributed by atoms with Crippen LogP contribution in [0.2, 0.25) is 0 Å². The van der Waals surface area contributed by atoms with Crippen LogP contribution in [0.15, 0.2) is 84.9 Å². The molecule has 3 aromatic carbocycles. The Kier molecular flexibility index (Phi) is 6.81. The van der Waals surface area contributed by atoms with E-state index in [4.69, 9.17) is 4.74 Å². The van der Waals surface area contributed by atoms with Gasteiger partial charge in [-0.2, -0.15) is 0 Å². The summed E-state index contributed by atoms with van der Waals surface area (Å²) in [5, 5.41) is 13.0. The van der Waals surface area contributed by atoms with E-state index in [0.717, 1.165) is 50.7 Å². The first-order chi connectivity index (χ1) is 16.8. The largest absolute Gasteiger partial charge is 0.497 e. The summed E-state index contributed by atoms with van der Waals surface area (Å²) in [5.41, 5.74) is 3.72. The van der Waals surface area contributed by atoms with Gasteiger partial charge in [0.25, 0.3) is 0 Å². The van der Waals surface area contributed by atoms with Crippen molar-refractivity contribution in [2.45, 2.75) is 19.0 Å². The van der Waals surface area contributed by atoms with Gasteiger partial charge in [-0.3, -0.25) is 4.90 Å². The number of piperazine rings is 1. The second-order valence-corrected chi connectivity index (χ2v) is 8.53. The Morgan fingerprint density at radius 2 is 1.50 bits per heavy atom. The van der Waals surface area contributed by atoms with Gasteiger partial charge in [0.15, 0.2) is 5.82 Å². The van der Waals surface area contributed by atoms with E-state index < -0.39 is 0 Å². The standard InChI is InChI=1S/C27H30N6O/c1-34-25-14-12-23(13-15-25)26(32-20-18-31(19-21-32)24-10-6-3-7-11-24)27-28-29-30-33(27)17-16-22-8-4-2-5-9-22/h2-15,26H,16-21H2,1H3/t26-/m1/s1. The summed E-state index contributed by atoms with van der Waals surface area (Å²) in [5.74, 6) is 1.73. The predicted octanol–water partition coefficient (Wildman–Crippen LogP) is 3.84. The van der Waals surface area contributed by atoms with Crippen molar-refractivity contribution in [1.82, 2.24) is 25.1 Å². The lowest BCUT2D eigenvalue weighted by molar-refractivity contribution is 0.200. The minimum atomic E-state index is -0.0189. The molecule has 0 spiro atoms. The first-order valence-corrected chi connectivity index (χ1v) is 11.8. The highest BCUT2D eigenvalue weighted by atomic mass is 16.5. The molecule has 7 heteroatoms. The molecule has 34 heavy (non-hydrogen) atoms. The fourth-order valence-corrected chi connectivity index (χ4v) is 4.63. The Balaban J connectivity index is 1.39. The third-order valence-corrected chi connectivity index (χ3v) is 6.49. The molecule has 0 amide bonds. The summed E-state index contributed by atoms with van der Waals surface area (Å²) in [6.45, 7) is 4.52.